The molecule has 0 aromatic heterocycles. The molecule has 5 nitrogen and oxygen atoms in total. The van der Waals surface area contributed by atoms with Gasteiger partial charge >= 0.3 is 12.0 Å². The van der Waals surface area contributed by atoms with Gasteiger partial charge in [0, 0.05) is 25.3 Å². The number of carboxylic acid groups (broad SMARTS) is 1. The van der Waals surface area contributed by atoms with Crippen LogP contribution >= 0.6 is 0 Å². The lowest BCUT2D eigenvalue weighted by Gasteiger charge is -2.32. The molecule has 1 aromatic rings. The number of hydrogen-bond acceptors (Lipinski definition) is 2. The molecule has 0 bridgehead atoms. The van der Waals surface area contributed by atoms with Crippen LogP contribution in [0.25, 0.3) is 0 Å². The van der Waals surface area contributed by atoms with E-state index in [4.69, 9.17) is 5.11 Å². The summed E-state index contributed by atoms with van der Waals surface area (Å²) in [6, 6.07) is 9.07. The molecule has 0 atom stereocenters. The highest BCUT2D eigenvalue weighted by molar-refractivity contribution is 5.92. The van der Waals surface area contributed by atoms with Gasteiger partial charge in [0.2, 0.25) is 0 Å². The number of para-hydroxylation sites is 1. The van der Waals surface area contributed by atoms with Crippen molar-refractivity contribution in [3.8, 4) is 0 Å². The summed E-state index contributed by atoms with van der Waals surface area (Å²) in [5.74, 6) is -0.905. The average molecular weight is 288 g/mol. The first kappa shape index (κ1) is 15.1. The van der Waals surface area contributed by atoms with Crippen molar-refractivity contribution in [2.45, 2.75) is 19.8 Å². The van der Waals surface area contributed by atoms with E-state index in [0.29, 0.717) is 13.1 Å². The number of carbonyl (C=O) groups excluding carboxylic acids is 1. The Morgan fingerprint density at radius 3 is 2.57 bits per heavy atom. The molecule has 0 fully saturated rings. The minimum Gasteiger partial charge on any atom is -0.481 e. The zero-order chi connectivity index (χ0) is 15.2. The summed E-state index contributed by atoms with van der Waals surface area (Å²) < 4.78 is 0. The van der Waals surface area contributed by atoms with Crippen molar-refractivity contribution in [1.82, 2.24) is 4.90 Å². The molecule has 1 N–H and O–H groups in total. The lowest BCUT2D eigenvalue weighted by Crippen LogP contribution is -2.45. The molecule has 1 aliphatic rings. The van der Waals surface area contributed by atoms with Crippen LogP contribution in [0.3, 0.4) is 0 Å². The maximum Gasteiger partial charge on any atom is 0.324 e. The lowest BCUT2D eigenvalue weighted by molar-refractivity contribution is -0.136. The Morgan fingerprint density at radius 2 is 2.00 bits per heavy atom. The minimum atomic E-state index is -0.905. The number of anilines is 1. The predicted molar refractivity (Wildman–Crippen MR) is 81.4 cm³/mol. The van der Waals surface area contributed by atoms with Crippen molar-refractivity contribution in [3.05, 3.63) is 42.0 Å². The molecule has 0 unspecified atom stereocenters. The van der Waals surface area contributed by atoms with Gasteiger partial charge in [0.1, 0.15) is 0 Å². The molecule has 0 saturated heterocycles. The zero-order valence-corrected chi connectivity index (χ0v) is 12.2. The van der Waals surface area contributed by atoms with Gasteiger partial charge in [-0.2, -0.15) is 0 Å². The highest BCUT2D eigenvalue weighted by Crippen LogP contribution is 2.18. The summed E-state index contributed by atoms with van der Waals surface area (Å²) in [6.07, 6.45) is 2.85. The fourth-order valence-corrected chi connectivity index (χ4v) is 2.27. The number of hydrogen-bond donors (Lipinski definition) is 1. The summed E-state index contributed by atoms with van der Waals surface area (Å²) in [7, 11) is 0. The van der Waals surface area contributed by atoms with Crippen molar-refractivity contribution < 1.29 is 14.7 Å². The highest BCUT2D eigenvalue weighted by Gasteiger charge is 2.23. The Balaban J connectivity index is 2.14. The van der Waals surface area contributed by atoms with Gasteiger partial charge < -0.3 is 10.0 Å². The van der Waals surface area contributed by atoms with E-state index < -0.39 is 5.97 Å². The molecule has 1 aromatic carbocycles. The first-order chi connectivity index (χ1) is 10.1. The number of rotatable bonds is 4. The van der Waals surface area contributed by atoms with Crippen molar-refractivity contribution in [2.24, 2.45) is 0 Å². The van der Waals surface area contributed by atoms with Gasteiger partial charge in [0.15, 0.2) is 0 Å². The molecule has 2 rings (SSSR count). The Hall–Kier alpha value is -2.30. The van der Waals surface area contributed by atoms with Crippen molar-refractivity contribution in [3.63, 3.8) is 0 Å². The topological polar surface area (TPSA) is 60.9 Å². The smallest absolute Gasteiger partial charge is 0.324 e. The van der Waals surface area contributed by atoms with Crippen molar-refractivity contribution in [2.75, 3.05) is 24.5 Å². The monoisotopic (exact) mass is 288 g/mol. The fourth-order valence-electron chi connectivity index (χ4n) is 2.27. The molecule has 1 heterocycles. The van der Waals surface area contributed by atoms with Gasteiger partial charge in [-0.25, -0.2) is 4.79 Å². The van der Waals surface area contributed by atoms with E-state index in [1.807, 2.05) is 36.4 Å². The summed E-state index contributed by atoms with van der Waals surface area (Å²) in [5.41, 5.74) is 2.02. The van der Waals surface area contributed by atoms with Crippen molar-refractivity contribution >= 4 is 17.7 Å². The van der Waals surface area contributed by atoms with Crippen LogP contribution in [0.15, 0.2) is 42.0 Å². The number of carboxylic acids is 1. The van der Waals surface area contributed by atoms with E-state index >= 15 is 0 Å². The number of urea groups is 1. The van der Waals surface area contributed by atoms with E-state index in [2.05, 4.69) is 6.92 Å². The first-order valence-electron chi connectivity index (χ1n) is 7.07. The molecule has 21 heavy (non-hydrogen) atoms. The normalized spacial score (nSPS) is 14.5. The second kappa shape index (κ2) is 6.92. The maximum atomic E-state index is 12.6. The van der Waals surface area contributed by atoms with Gasteiger partial charge in [-0.1, -0.05) is 29.8 Å². The number of amides is 2. The minimum absolute atomic E-state index is 0.0661. The Labute approximate surface area is 124 Å². The SMILES string of the molecule is CC1=CCN(C(=O)N(CCC(=O)O)c2ccccc2)CC1. The van der Waals surface area contributed by atoms with Gasteiger partial charge in [0.25, 0.3) is 0 Å². The van der Waals surface area contributed by atoms with E-state index in [0.717, 1.165) is 12.1 Å². The molecule has 112 valence electrons. The van der Waals surface area contributed by atoms with Crippen LogP contribution in [0.1, 0.15) is 19.8 Å². The molecular weight excluding hydrogens is 268 g/mol. The van der Waals surface area contributed by atoms with Gasteiger partial charge in [-0.3, -0.25) is 9.69 Å². The fraction of sp³-hybridized carbons (Fsp3) is 0.375. The van der Waals surface area contributed by atoms with Crippen LogP contribution in [0, 0.1) is 0 Å². The maximum absolute atomic E-state index is 12.6. The standard InChI is InChI=1S/C16H20N2O3/c1-13-7-10-17(11-8-13)16(21)18(12-9-15(19)20)14-5-3-2-4-6-14/h2-7H,8-12H2,1H3,(H,19,20). The highest BCUT2D eigenvalue weighted by atomic mass is 16.4. The third-order valence-corrected chi connectivity index (χ3v) is 3.55. The van der Waals surface area contributed by atoms with Gasteiger partial charge in [0.05, 0.1) is 6.42 Å². The summed E-state index contributed by atoms with van der Waals surface area (Å²) in [4.78, 5) is 26.8. The number of nitrogens with zero attached hydrogens (tertiary/aromatic N) is 2. The predicted octanol–water partition coefficient (Wildman–Crippen LogP) is 2.74. The van der Waals surface area contributed by atoms with E-state index in [1.54, 1.807) is 9.80 Å². The molecule has 0 spiro atoms. The lowest BCUT2D eigenvalue weighted by atomic mass is 10.1. The molecular formula is C16H20N2O3. The van der Waals surface area contributed by atoms with Crippen LogP contribution in [0.4, 0.5) is 10.5 Å². The van der Waals surface area contributed by atoms with E-state index in [9.17, 15) is 9.59 Å². The summed E-state index contributed by atoms with van der Waals surface area (Å²) >= 11 is 0. The van der Waals surface area contributed by atoms with Gasteiger partial charge in [-0.15, -0.1) is 0 Å². The first-order valence-corrected chi connectivity index (χ1v) is 7.07. The van der Waals surface area contributed by atoms with E-state index in [1.165, 1.54) is 5.57 Å². The van der Waals surface area contributed by atoms with Crippen LogP contribution in [0.5, 0.6) is 0 Å². The number of carbonyl (C=O) groups is 2. The van der Waals surface area contributed by atoms with Gasteiger partial charge in [-0.05, 0) is 25.5 Å². The van der Waals surface area contributed by atoms with Crippen molar-refractivity contribution in [1.29, 1.82) is 0 Å². The summed E-state index contributed by atoms with van der Waals surface area (Å²) in [6.45, 7) is 3.50. The Kier molecular flexibility index (Phi) is 4.98. The molecule has 0 aliphatic carbocycles. The molecule has 5 heteroatoms. The molecule has 1 aliphatic heterocycles. The van der Waals surface area contributed by atoms with Crippen LogP contribution < -0.4 is 4.90 Å². The summed E-state index contributed by atoms with van der Waals surface area (Å²) in [5, 5.41) is 8.88. The number of aliphatic carboxylic acids is 1. The Bertz CT molecular complexity index is 540. The number of benzene rings is 1. The second-order valence-corrected chi connectivity index (χ2v) is 5.16. The van der Waals surface area contributed by atoms with E-state index in [-0.39, 0.29) is 19.0 Å². The second-order valence-electron chi connectivity index (χ2n) is 5.16. The average Bonchev–Trinajstić information content (AvgIpc) is 2.49. The van der Waals surface area contributed by atoms with Crippen LogP contribution in [0.2, 0.25) is 0 Å². The molecule has 2 amide bonds. The third kappa shape index (κ3) is 4.08. The Morgan fingerprint density at radius 1 is 1.29 bits per heavy atom. The van der Waals surface area contributed by atoms with Crippen LogP contribution in [-0.4, -0.2) is 41.6 Å². The molecule has 0 radical (unpaired) electrons. The molecule has 0 saturated carbocycles. The quantitative estimate of drug-likeness (QED) is 0.867. The van der Waals surface area contributed by atoms with Crippen LogP contribution in [-0.2, 0) is 4.79 Å². The third-order valence-electron chi connectivity index (χ3n) is 3.55. The largest absolute Gasteiger partial charge is 0.481 e. The zero-order valence-electron chi connectivity index (χ0n) is 12.2.